The standard InChI is InChI=1S/C12H18N2O2S/c1-14(2,3)12(17)13-8-11(16)9-5-4-6-10(15)7-9/h4-7,11,16H,8H2,1-3H3,(H-,13,15,17)/p+1. The summed E-state index contributed by atoms with van der Waals surface area (Å²) in [4.78, 5) is 0. The van der Waals surface area contributed by atoms with Gasteiger partial charge in [-0.1, -0.05) is 12.1 Å². The Labute approximate surface area is 107 Å². The lowest BCUT2D eigenvalue weighted by Crippen LogP contribution is -2.48. The molecule has 17 heavy (non-hydrogen) atoms. The van der Waals surface area contributed by atoms with Crippen LogP contribution >= 0.6 is 12.2 Å². The maximum absolute atomic E-state index is 9.92. The van der Waals surface area contributed by atoms with Crippen LogP contribution in [0.2, 0.25) is 0 Å². The summed E-state index contributed by atoms with van der Waals surface area (Å²) in [6.07, 6.45) is -0.688. The van der Waals surface area contributed by atoms with Gasteiger partial charge in [-0.05, 0) is 17.7 Å². The number of phenols is 1. The van der Waals surface area contributed by atoms with Gasteiger partial charge >= 0.3 is 0 Å². The molecule has 0 fully saturated rings. The van der Waals surface area contributed by atoms with Crippen molar-refractivity contribution < 1.29 is 14.7 Å². The normalized spacial score (nSPS) is 13.2. The summed E-state index contributed by atoms with van der Waals surface area (Å²) >= 11 is 5.19. The number of hydrogen-bond acceptors (Lipinski definition) is 3. The van der Waals surface area contributed by atoms with Crippen molar-refractivity contribution >= 4 is 17.3 Å². The molecule has 1 unspecified atom stereocenters. The number of quaternary nitrogens is 1. The van der Waals surface area contributed by atoms with E-state index in [0.29, 0.717) is 21.7 Å². The van der Waals surface area contributed by atoms with Gasteiger partial charge in [-0.25, -0.2) is 0 Å². The average molecular weight is 255 g/mol. The van der Waals surface area contributed by atoms with E-state index in [0.717, 1.165) is 0 Å². The fourth-order valence-corrected chi connectivity index (χ4v) is 1.35. The number of nitrogens with zero attached hydrogens (tertiary/aromatic N) is 1. The average Bonchev–Trinajstić information content (AvgIpc) is 2.24. The van der Waals surface area contributed by atoms with E-state index in [4.69, 9.17) is 12.2 Å². The van der Waals surface area contributed by atoms with Crippen molar-refractivity contribution in [3.63, 3.8) is 0 Å². The van der Waals surface area contributed by atoms with Crippen molar-refractivity contribution in [2.24, 2.45) is 0 Å². The molecular formula is C12H19N2O2S+. The molecule has 0 heterocycles. The van der Waals surface area contributed by atoms with Crippen molar-refractivity contribution in [1.29, 1.82) is 0 Å². The number of hydrogen-bond donors (Lipinski definition) is 3. The molecule has 0 spiro atoms. The lowest BCUT2D eigenvalue weighted by Gasteiger charge is -2.25. The van der Waals surface area contributed by atoms with Gasteiger partial charge in [-0.2, -0.15) is 0 Å². The Bertz CT molecular complexity index is 402. The molecule has 0 radical (unpaired) electrons. The second-order valence-electron chi connectivity index (χ2n) is 4.81. The molecule has 0 bridgehead atoms. The molecule has 1 aromatic rings. The lowest BCUT2D eigenvalue weighted by molar-refractivity contribution is -0.776. The number of phenolic OH excluding ortho intramolecular Hbond substituents is 1. The van der Waals surface area contributed by atoms with Crippen LogP contribution < -0.4 is 5.32 Å². The van der Waals surface area contributed by atoms with E-state index < -0.39 is 6.10 Å². The number of aliphatic hydroxyl groups is 1. The predicted octanol–water partition coefficient (Wildman–Crippen LogP) is 1.01. The number of thiocarbonyl (C=S) groups is 1. The zero-order valence-electron chi connectivity index (χ0n) is 10.3. The van der Waals surface area contributed by atoms with E-state index in [1.807, 2.05) is 21.1 Å². The van der Waals surface area contributed by atoms with Gasteiger partial charge in [0.2, 0.25) is 0 Å². The Morgan fingerprint density at radius 1 is 1.41 bits per heavy atom. The van der Waals surface area contributed by atoms with Gasteiger partial charge in [0.25, 0.3) is 5.11 Å². The predicted molar refractivity (Wildman–Crippen MR) is 71.7 cm³/mol. The molecule has 4 nitrogen and oxygen atoms in total. The minimum absolute atomic E-state index is 0.149. The Morgan fingerprint density at radius 2 is 2.06 bits per heavy atom. The smallest absolute Gasteiger partial charge is 0.269 e. The summed E-state index contributed by atoms with van der Waals surface area (Å²) in [7, 11) is 5.86. The number of nitrogens with one attached hydrogen (secondary N) is 1. The van der Waals surface area contributed by atoms with Crippen LogP contribution in [0.15, 0.2) is 24.3 Å². The van der Waals surface area contributed by atoms with Crippen molar-refractivity contribution in [3.05, 3.63) is 29.8 Å². The fraction of sp³-hybridized carbons (Fsp3) is 0.417. The highest BCUT2D eigenvalue weighted by atomic mass is 32.1. The third-order valence-corrected chi connectivity index (χ3v) is 3.00. The van der Waals surface area contributed by atoms with Gasteiger partial charge in [-0.3, -0.25) is 4.48 Å². The molecule has 0 amide bonds. The third kappa shape index (κ3) is 4.30. The lowest BCUT2D eigenvalue weighted by atomic mass is 10.1. The van der Waals surface area contributed by atoms with E-state index in [2.05, 4.69) is 5.32 Å². The second-order valence-corrected chi connectivity index (χ2v) is 5.20. The molecule has 0 aliphatic carbocycles. The molecule has 5 heteroatoms. The summed E-state index contributed by atoms with van der Waals surface area (Å²) in [5.41, 5.74) is 0.668. The topological polar surface area (TPSA) is 52.5 Å². The first kappa shape index (κ1) is 13.9. The van der Waals surface area contributed by atoms with Crippen LogP contribution in [0.4, 0.5) is 0 Å². The van der Waals surface area contributed by atoms with E-state index >= 15 is 0 Å². The van der Waals surface area contributed by atoms with Crippen molar-refractivity contribution in [2.75, 3.05) is 27.7 Å². The van der Waals surface area contributed by atoms with E-state index in [1.54, 1.807) is 24.3 Å². The Hall–Kier alpha value is -1.17. The minimum atomic E-state index is -0.688. The first-order valence-corrected chi connectivity index (χ1v) is 5.78. The van der Waals surface area contributed by atoms with E-state index in [1.165, 1.54) is 0 Å². The van der Waals surface area contributed by atoms with Crippen LogP contribution in [0.3, 0.4) is 0 Å². The highest BCUT2D eigenvalue weighted by Gasteiger charge is 2.17. The number of aliphatic hydroxyl groups excluding tert-OH is 1. The van der Waals surface area contributed by atoms with Gasteiger partial charge < -0.3 is 15.5 Å². The zero-order chi connectivity index (χ0) is 13.1. The summed E-state index contributed by atoms with van der Waals surface area (Å²) in [6.45, 7) is 0.331. The molecule has 1 aromatic carbocycles. The Kier molecular flexibility index (Phi) is 4.45. The van der Waals surface area contributed by atoms with Gasteiger partial charge in [-0.15, -0.1) is 0 Å². The van der Waals surface area contributed by atoms with Gasteiger partial charge in [0.1, 0.15) is 5.75 Å². The van der Waals surface area contributed by atoms with Crippen LogP contribution in [0, 0.1) is 0 Å². The van der Waals surface area contributed by atoms with Crippen LogP contribution in [0.5, 0.6) is 5.75 Å². The quantitative estimate of drug-likeness (QED) is 0.557. The molecule has 0 aliphatic rings. The van der Waals surface area contributed by atoms with E-state index in [-0.39, 0.29) is 5.75 Å². The second kappa shape index (κ2) is 5.44. The summed E-state index contributed by atoms with van der Waals surface area (Å²) in [6, 6.07) is 6.58. The van der Waals surface area contributed by atoms with Crippen molar-refractivity contribution in [1.82, 2.24) is 5.32 Å². The maximum Gasteiger partial charge on any atom is 0.269 e. The molecule has 0 saturated heterocycles. The molecule has 1 atom stereocenters. The van der Waals surface area contributed by atoms with Crippen LogP contribution in [-0.4, -0.2) is 47.5 Å². The summed E-state index contributed by atoms with van der Waals surface area (Å²) < 4.78 is 0.516. The van der Waals surface area contributed by atoms with Crippen molar-refractivity contribution in [2.45, 2.75) is 6.10 Å². The molecule has 0 aromatic heterocycles. The molecule has 94 valence electrons. The fourth-order valence-electron chi connectivity index (χ4n) is 1.27. The minimum Gasteiger partial charge on any atom is -0.508 e. The number of rotatable bonds is 3. The summed E-state index contributed by atoms with van der Waals surface area (Å²) in [5.74, 6) is 0.149. The Morgan fingerprint density at radius 3 is 2.59 bits per heavy atom. The number of benzene rings is 1. The zero-order valence-corrected chi connectivity index (χ0v) is 11.2. The van der Waals surface area contributed by atoms with Crippen LogP contribution in [0.1, 0.15) is 11.7 Å². The van der Waals surface area contributed by atoms with Crippen molar-refractivity contribution in [3.8, 4) is 5.75 Å². The summed E-state index contributed by atoms with van der Waals surface area (Å²) in [5, 5.41) is 22.9. The molecule has 1 rings (SSSR count). The highest BCUT2D eigenvalue weighted by Crippen LogP contribution is 2.17. The SMILES string of the molecule is C[N+](C)(C)C(=S)NCC(O)c1cccc(O)c1. The van der Waals surface area contributed by atoms with Crippen LogP contribution in [0.25, 0.3) is 0 Å². The van der Waals surface area contributed by atoms with Gasteiger partial charge in [0.15, 0.2) is 0 Å². The molecule has 0 saturated carbocycles. The van der Waals surface area contributed by atoms with E-state index in [9.17, 15) is 10.2 Å². The van der Waals surface area contributed by atoms with Crippen LogP contribution in [-0.2, 0) is 0 Å². The first-order valence-electron chi connectivity index (χ1n) is 5.37. The Balaban J connectivity index is 2.56. The largest absolute Gasteiger partial charge is 0.508 e. The monoisotopic (exact) mass is 255 g/mol. The first-order chi connectivity index (χ1) is 7.80. The molecular weight excluding hydrogens is 236 g/mol. The van der Waals surface area contributed by atoms with Gasteiger partial charge in [0.05, 0.1) is 33.8 Å². The number of aromatic hydroxyl groups is 1. The molecule has 3 N–H and O–H groups in total. The molecule has 0 aliphatic heterocycles. The maximum atomic E-state index is 9.92. The van der Waals surface area contributed by atoms with Gasteiger partial charge in [0, 0.05) is 12.2 Å². The highest BCUT2D eigenvalue weighted by molar-refractivity contribution is 7.79. The third-order valence-electron chi connectivity index (χ3n) is 2.31.